The zero-order chi connectivity index (χ0) is 33.5. The number of aromatic nitrogens is 1. The Bertz CT molecular complexity index is 2940. The molecule has 5 nitrogen and oxygen atoms in total. The molecule has 0 aliphatic carbocycles. The van der Waals surface area contributed by atoms with Crippen LogP contribution in [0.4, 0.5) is 0 Å². The Morgan fingerprint density at radius 1 is 0.471 bits per heavy atom. The number of hydrogen-bond acceptors (Lipinski definition) is 5. The topological polar surface area (TPSA) is 54.2 Å². The highest BCUT2D eigenvalue weighted by Gasteiger charge is 2.31. The molecule has 11 rings (SSSR count). The van der Waals surface area contributed by atoms with Crippen LogP contribution in [0.15, 0.2) is 162 Å². The maximum Gasteiger partial charge on any atom is 0.159 e. The van der Waals surface area contributed by atoms with E-state index in [2.05, 4.69) is 166 Å². The summed E-state index contributed by atoms with van der Waals surface area (Å²) in [5.41, 5.74) is 8.79. The number of furan rings is 1. The minimum Gasteiger partial charge on any atom is -0.454 e. The van der Waals surface area contributed by atoms with Gasteiger partial charge >= 0.3 is 0 Å². The van der Waals surface area contributed by atoms with Crippen molar-refractivity contribution in [2.24, 2.45) is 0 Å². The average Bonchev–Trinajstić information content (AvgIpc) is 3.87. The summed E-state index contributed by atoms with van der Waals surface area (Å²) in [7, 11) is 0. The van der Waals surface area contributed by atoms with Gasteiger partial charge in [-0.25, -0.2) is 0 Å². The molecule has 3 aromatic heterocycles. The lowest BCUT2D eigenvalue weighted by Crippen LogP contribution is -2.54. The molecule has 7 aromatic carbocycles. The van der Waals surface area contributed by atoms with Crippen LogP contribution in [0.2, 0.25) is 0 Å². The van der Waals surface area contributed by atoms with Gasteiger partial charge in [-0.1, -0.05) is 121 Å². The maximum atomic E-state index is 6.53. The maximum absolute atomic E-state index is 6.53. The molecule has 0 saturated carbocycles. The van der Waals surface area contributed by atoms with E-state index in [0.717, 1.165) is 38.7 Å². The molecule has 3 atom stereocenters. The van der Waals surface area contributed by atoms with Crippen molar-refractivity contribution >= 4 is 75.3 Å². The van der Waals surface area contributed by atoms with E-state index in [0.29, 0.717) is 0 Å². The zero-order valence-electron chi connectivity index (χ0n) is 27.5. The molecule has 1 aliphatic heterocycles. The fraction of sp³-hybridized carbons (Fsp3) is 0.0667. The first-order valence-corrected chi connectivity index (χ1v) is 18.3. The lowest BCUT2D eigenvalue weighted by Gasteiger charge is -2.39. The third-order valence-corrected chi connectivity index (χ3v) is 11.8. The van der Waals surface area contributed by atoms with Gasteiger partial charge in [0.2, 0.25) is 0 Å². The lowest BCUT2D eigenvalue weighted by molar-refractivity contribution is 0.204. The molecule has 0 amide bonds. The number of para-hydroxylation sites is 3. The summed E-state index contributed by atoms with van der Waals surface area (Å²) in [6.07, 6.45) is -0.257. The van der Waals surface area contributed by atoms with Crippen LogP contribution in [0.3, 0.4) is 0 Å². The van der Waals surface area contributed by atoms with Gasteiger partial charge in [0.1, 0.15) is 5.58 Å². The molecule has 3 N–H and O–H groups in total. The van der Waals surface area contributed by atoms with Gasteiger partial charge < -0.3 is 8.98 Å². The number of thiophene rings is 1. The summed E-state index contributed by atoms with van der Waals surface area (Å²) >= 11 is 1.87. The first-order chi connectivity index (χ1) is 25.3. The Kier molecular flexibility index (Phi) is 6.48. The number of hydrogen-bond donors (Lipinski definition) is 3. The van der Waals surface area contributed by atoms with Crippen molar-refractivity contribution in [3.63, 3.8) is 0 Å². The Hall–Kier alpha value is -5.76. The fourth-order valence-corrected chi connectivity index (χ4v) is 9.43. The molecule has 1 aliphatic rings. The summed E-state index contributed by atoms with van der Waals surface area (Å²) < 4.78 is 11.5. The van der Waals surface area contributed by atoms with Crippen molar-refractivity contribution in [2.45, 2.75) is 18.5 Å². The van der Waals surface area contributed by atoms with Gasteiger partial charge in [-0.05, 0) is 47.5 Å². The van der Waals surface area contributed by atoms with Crippen molar-refractivity contribution in [3.05, 3.63) is 174 Å². The summed E-state index contributed by atoms with van der Waals surface area (Å²) in [5, 5.41) is 19.1. The molecule has 10 aromatic rings. The second kappa shape index (κ2) is 11.4. The highest BCUT2D eigenvalue weighted by atomic mass is 32.1. The predicted molar refractivity (Wildman–Crippen MR) is 211 cm³/mol. The molecule has 0 bridgehead atoms. The van der Waals surface area contributed by atoms with E-state index >= 15 is 0 Å². The second-order valence-electron chi connectivity index (χ2n) is 13.4. The predicted octanol–water partition coefficient (Wildman–Crippen LogP) is 11.2. The van der Waals surface area contributed by atoms with Crippen molar-refractivity contribution in [2.75, 3.05) is 0 Å². The van der Waals surface area contributed by atoms with Gasteiger partial charge in [0.25, 0.3) is 0 Å². The molecule has 51 heavy (non-hydrogen) atoms. The number of nitrogens with zero attached hydrogens (tertiary/aromatic N) is 1. The third-order valence-electron chi connectivity index (χ3n) is 10.5. The quantitative estimate of drug-likeness (QED) is 0.174. The van der Waals surface area contributed by atoms with Gasteiger partial charge in [-0.3, -0.25) is 16.0 Å². The summed E-state index contributed by atoms with van der Waals surface area (Å²) in [5.74, 6) is 0. The molecule has 3 unspecified atom stereocenters. The summed E-state index contributed by atoms with van der Waals surface area (Å²) in [4.78, 5) is 0. The van der Waals surface area contributed by atoms with Crippen LogP contribution in [0.5, 0.6) is 0 Å². The molecule has 6 heteroatoms. The van der Waals surface area contributed by atoms with Crippen LogP contribution in [0.25, 0.3) is 69.6 Å². The van der Waals surface area contributed by atoms with E-state index in [-0.39, 0.29) is 18.5 Å². The Balaban J connectivity index is 1.07. The van der Waals surface area contributed by atoms with E-state index in [9.17, 15) is 0 Å². The standard InChI is InChI=1S/C45H32N4OS/c1-2-12-27(13-3-1)43-46-44(48-45(47-43)34-19-10-18-33-31-16-6-9-23-40(31)51-42(33)34)28-24-25-37-35(26-28)29-14-4-7-20-36(29)49(37)38-21-11-17-32-30-15-5-8-22-39(30)50-41(32)38/h1-26,43-48H. The van der Waals surface area contributed by atoms with Crippen molar-refractivity contribution in [1.82, 2.24) is 20.5 Å². The van der Waals surface area contributed by atoms with Crippen LogP contribution in [0.1, 0.15) is 35.2 Å². The van der Waals surface area contributed by atoms with E-state index in [4.69, 9.17) is 4.42 Å². The Morgan fingerprint density at radius 3 is 2.04 bits per heavy atom. The first kappa shape index (κ1) is 29.0. The zero-order valence-corrected chi connectivity index (χ0v) is 28.3. The van der Waals surface area contributed by atoms with Crippen molar-refractivity contribution < 1.29 is 4.42 Å². The SMILES string of the molecule is c1ccc(C2NC(c3ccc4c(c3)c3ccccc3n4-c3cccc4c3oc3ccccc34)NC(c3cccc4c3sc3ccccc34)N2)cc1. The molecule has 244 valence electrons. The summed E-state index contributed by atoms with van der Waals surface area (Å²) in [6.45, 7) is 0. The third kappa shape index (κ3) is 4.51. The monoisotopic (exact) mass is 676 g/mol. The normalized spacial score (nSPS) is 18.2. The van der Waals surface area contributed by atoms with Gasteiger partial charge in [-0.15, -0.1) is 11.3 Å². The minimum absolute atomic E-state index is 0.0604. The summed E-state index contributed by atoms with van der Waals surface area (Å²) in [6, 6.07) is 56.5. The molecule has 1 saturated heterocycles. The number of benzene rings is 7. The molecular weight excluding hydrogens is 645 g/mol. The van der Waals surface area contributed by atoms with Crippen LogP contribution < -0.4 is 16.0 Å². The minimum atomic E-state index is -0.114. The highest BCUT2D eigenvalue weighted by molar-refractivity contribution is 7.26. The van der Waals surface area contributed by atoms with Crippen LogP contribution >= 0.6 is 11.3 Å². The number of fused-ring (bicyclic) bond motifs is 9. The van der Waals surface area contributed by atoms with E-state index in [1.807, 2.05) is 23.5 Å². The van der Waals surface area contributed by atoms with Crippen LogP contribution in [0, 0.1) is 0 Å². The first-order valence-electron chi connectivity index (χ1n) is 17.5. The molecule has 4 heterocycles. The number of rotatable bonds is 4. The molecule has 1 fully saturated rings. The van der Waals surface area contributed by atoms with Crippen LogP contribution in [-0.2, 0) is 0 Å². The van der Waals surface area contributed by atoms with Gasteiger partial charge in [-0.2, -0.15) is 0 Å². The van der Waals surface area contributed by atoms with E-state index in [1.54, 1.807) is 0 Å². The fourth-order valence-electron chi connectivity index (χ4n) is 8.19. The van der Waals surface area contributed by atoms with E-state index in [1.165, 1.54) is 47.6 Å². The Labute approximate surface area is 297 Å². The Morgan fingerprint density at radius 2 is 1.14 bits per heavy atom. The largest absolute Gasteiger partial charge is 0.454 e. The number of nitrogens with one attached hydrogen (secondary N) is 3. The van der Waals surface area contributed by atoms with Crippen molar-refractivity contribution in [3.8, 4) is 5.69 Å². The molecule has 0 radical (unpaired) electrons. The molecular formula is C45H32N4OS. The average molecular weight is 677 g/mol. The second-order valence-corrected chi connectivity index (χ2v) is 14.5. The molecule has 0 spiro atoms. The highest BCUT2D eigenvalue weighted by Crippen LogP contribution is 2.41. The van der Waals surface area contributed by atoms with Crippen molar-refractivity contribution in [1.29, 1.82) is 0 Å². The van der Waals surface area contributed by atoms with Gasteiger partial charge in [0, 0.05) is 47.3 Å². The van der Waals surface area contributed by atoms with Gasteiger partial charge in [0.15, 0.2) is 5.58 Å². The smallest absolute Gasteiger partial charge is 0.159 e. The van der Waals surface area contributed by atoms with E-state index < -0.39 is 0 Å². The lowest BCUT2D eigenvalue weighted by atomic mass is 10.0. The van der Waals surface area contributed by atoms with Gasteiger partial charge in [0.05, 0.1) is 35.2 Å². The van der Waals surface area contributed by atoms with Crippen LogP contribution in [-0.4, -0.2) is 4.57 Å².